The van der Waals surface area contributed by atoms with Crippen molar-refractivity contribution in [3.05, 3.63) is 28.8 Å². The number of benzene rings is 1. The highest BCUT2D eigenvalue weighted by molar-refractivity contribution is 6.30. The third-order valence-corrected chi connectivity index (χ3v) is 2.23. The molecule has 0 radical (unpaired) electrons. The average Bonchev–Trinajstić information content (AvgIpc) is 2.20. The highest BCUT2D eigenvalue weighted by atomic mass is 35.5. The fraction of sp³-hybridized carbons (Fsp3) is 0.364. The van der Waals surface area contributed by atoms with E-state index in [4.69, 9.17) is 21.4 Å². The molecule has 2 N–H and O–H groups in total. The van der Waals surface area contributed by atoms with Gasteiger partial charge in [0.15, 0.2) is 0 Å². The summed E-state index contributed by atoms with van der Waals surface area (Å²) in [5, 5.41) is 18.7. The standard InChI is InChI=1S/C11H13ClO4/c1-2-16-10-4-3-7(12)5-8(10)9(13)6-11(14)15/h3-5,9,13H,2,6H2,1H3,(H,14,15)/t9-/m0/s1. The van der Waals surface area contributed by atoms with Gasteiger partial charge in [-0.2, -0.15) is 0 Å². The lowest BCUT2D eigenvalue weighted by Crippen LogP contribution is -2.07. The van der Waals surface area contributed by atoms with Crippen LogP contribution in [0.25, 0.3) is 0 Å². The van der Waals surface area contributed by atoms with Gasteiger partial charge in [-0.15, -0.1) is 0 Å². The van der Waals surface area contributed by atoms with Crippen molar-refractivity contribution >= 4 is 17.6 Å². The molecule has 0 bridgehead atoms. The van der Waals surface area contributed by atoms with E-state index >= 15 is 0 Å². The van der Waals surface area contributed by atoms with Gasteiger partial charge in [0, 0.05) is 10.6 Å². The molecule has 0 fully saturated rings. The fourth-order valence-corrected chi connectivity index (χ4v) is 1.52. The van der Waals surface area contributed by atoms with Crippen molar-refractivity contribution in [3.63, 3.8) is 0 Å². The Morgan fingerprint density at radius 1 is 1.56 bits per heavy atom. The summed E-state index contributed by atoms with van der Waals surface area (Å²) < 4.78 is 5.28. The van der Waals surface area contributed by atoms with Gasteiger partial charge in [-0.3, -0.25) is 4.79 Å². The second kappa shape index (κ2) is 5.72. The lowest BCUT2D eigenvalue weighted by molar-refractivity contribution is -0.139. The Balaban J connectivity index is 2.98. The minimum Gasteiger partial charge on any atom is -0.493 e. The number of carbonyl (C=O) groups is 1. The lowest BCUT2D eigenvalue weighted by Gasteiger charge is -2.14. The summed E-state index contributed by atoms with van der Waals surface area (Å²) in [6.45, 7) is 2.25. The zero-order chi connectivity index (χ0) is 12.1. The zero-order valence-electron chi connectivity index (χ0n) is 8.81. The second-order valence-electron chi connectivity index (χ2n) is 3.23. The van der Waals surface area contributed by atoms with Gasteiger partial charge < -0.3 is 14.9 Å². The van der Waals surface area contributed by atoms with Crippen LogP contribution < -0.4 is 4.74 Å². The number of ether oxygens (including phenoxy) is 1. The molecule has 0 saturated carbocycles. The molecule has 0 aromatic heterocycles. The van der Waals surface area contributed by atoms with Crippen molar-refractivity contribution in [2.75, 3.05) is 6.61 Å². The van der Waals surface area contributed by atoms with Crippen LogP contribution in [0.1, 0.15) is 25.0 Å². The molecule has 0 spiro atoms. The summed E-state index contributed by atoms with van der Waals surface area (Å²) in [5.41, 5.74) is 0.400. The molecule has 1 atom stereocenters. The molecule has 88 valence electrons. The van der Waals surface area contributed by atoms with Crippen molar-refractivity contribution in [2.24, 2.45) is 0 Å². The topological polar surface area (TPSA) is 66.8 Å². The molecule has 0 heterocycles. The first kappa shape index (κ1) is 12.8. The largest absolute Gasteiger partial charge is 0.493 e. The Hall–Kier alpha value is -1.26. The van der Waals surface area contributed by atoms with E-state index < -0.39 is 12.1 Å². The van der Waals surface area contributed by atoms with Crippen molar-refractivity contribution in [1.29, 1.82) is 0 Å². The van der Waals surface area contributed by atoms with Gasteiger partial charge in [0.1, 0.15) is 5.75 Å². The molecule has 0 aliphatic heterocycles. The van der Waals surface area contributed by atoms with Crippen LogP contribution in [-0.4, -0.2) is 22.8 Å². The maximum Gasteiger partial charge on any atom is 0.306 e. The molecule has 0 aliphatic carbocycles. The number of aliphatic hydroxyl groups is 1. The van der Waals surface area contributed by atoms with E-state index in [1.807, 2.05) is 6.92 Å². The van der Waals surface area contributed by atoms with Crippen molar-refractivity contribution in [2.45, 2.75) is 19.4 Å². The number of aliphatic carboxylic acids is 1. The Labute approximate surface area is 98.4 Å². The summed E-state index contributed by atoms with van der Waals surface area (Å²) >= 11 is 5.78. The summed E-state index contributed by atoms with van der Waals surface area (Å²) in [5.74, 6) is -0.615. The summed E-state index contributed by atoms with van der Waals surface area (Å²) in [7, 11) is 0. The third-order valence-electron chi connectivity index (χ3n) is 2.00. The smallest absolute Gasteiger partial charge is 0.306 e. The second-order valence-corrected chi connectivity index (χ2v) is 3.67. The van der Waals surface area contributed by atoms with Gasteiger partial charge in [-0.1, -0.05) is 11.6 Å². The van der Waals surface area contributed by atoms with Gasteiger partial charge in [0.2, 0.25) is 0 Å². The van der Waals surface area contributed by atoms with Gasteiger partial charge in [0.05, 0.1) is 19.1 Å². The Kier molecular flexibility index (Phi) is 4.58. The van der Waals surface area contributed by atoms with Crippen LogP contribution in [0.3, 0.4) is 0 Å². The number of aliphatic hydroxyl groups excluding tert-OH is 1. The molecule has 4 nitrogen and oxygen atoms in total. The van der Waals surface area contributed by atoms with E-state index in [-0.39, 0.29) is 6.42 Å². The SMILES string of the molecule is CCOc1ccc(Cl)cc1[C@@H](O)CC(=O)O. The molecular formula is C11H13ClO4. The summed E-state index contributed by atoms with van der Waals surface area (Å²) in [6, 6.07) is 4.76. The van der Waals surface area contributed by atoms with Gasteiger partial charge in [0.25, 0.3) is 0 Å². The summed E-state index contributed by atoms with van der Waals surface area (Å²) in [6.07, 6.45) is -1.49. The van der Waals surface area contributed by atoms with E-state index in [1.54, 1.807) is 12.1 Å². The Morgan fingerprint density at radius 3 is 2.81 bits per heavy atom. The number of halogens is 1. The number of carboxylic acids is 1. The van der Waals surface area contributed by atoms with Crippen LogP contribution >= 0.6 is 11.6 Å². The van der Waals surface area contributed by atoms with Crippen molar-refractivity contribution in [3.8, 4) is 5.75 Å². The van der Waals surface area contributed by atoms with E-state index in [9.17, 15) is 9.90 Å². The molecule has 0 saturated heterocycles. The van der Waals surface area contributed by atoms with Gasteiger partial charge >= 0.3 is 5.97 Å². The highest BCUT2D eigenvalue weighted by Gasteiger charge is 2.17. The molecule has 5 heteroatoms. The van der Waals surface area contributed by atoms with Crippen LogP contribution in [0.2, 0.25) is 5.02 Å². The molecule has 0 unspecified atom stereocenters. The molecule has 1 rings (SSSR count). The van der Waals surface area contributed by atoms with E-state index in [0.29, 0.717) is 22.9 Å². The molecule has 16 heavy (non-hydrogen) atoms. The lowest BCUT2D eigenvalue weighted by atomic mass is 10.1. The Bertz CT molecular complexity index is 378. The van der Waals surface area contributed by atoms with E-state index in [1.165, 1.54) is 6.07 Å². The van der Waals surface area contributed by atoms with E-state index in [2.05, 4.69) is 0 Å². The molecule has 0 aliphatic rings. The van der Waals surface area contributed by atoms with Gasteiger partial charge in [-0.25, -0.2) is 0 Å². The normalized spacial score (nSPS) is 12.2. The number of rotatable bonds is 5. The van der Waals surface area contributed by atoms with Gasteiger partial charge in [-0.05, 0) is 25.1 Å². The maximum atomic E-state index is 10.5. The number of hydrogen-bond acceptors (Lipinski definition) is 3. The van der Waals surface area contributed by atoms with Crippen molar-refractivity contribution in [1.82, 2.24) is 0 Å². The van der Waals surface area contributed by atoms with Crippen molar-refractivity contribution < 1.29 is 19.7 Å². The molecular weight excluding hydrogens is 232 g/mol. The number of hydrogen-bond donors (Lipinski definition) is 2. The summed E-state index contributed by atoms with van der Waals surface area (Å²) in [4.78, 5) is 10.5. The van der Waals surface area contributed by atoms with E-state index in [0.717, 1.165) is 0 Å². The van der Waals surface area contributed by atoms with Crippen LogP contribution in [0.15, 0.2) is 18.2 Å². The van der Waals surface area contributed by atoms with Crippen LogP contribution in [0.5, 0.6) is 5.75 Å². The van der Waals surface area contributed by atoms with Crippen LogP contribution in [0, 0.1) is 0 Å². The molecule has 1 aromatic carbocycles. The first-order valence-electron chi connectivity index (χ1n) is 4.86. The minimum atomic E-state index is -1.11. The first-order chi connectivity index (χ1) is 7.54. The predicted octanol–water partition coefficient (Wildman–Crippen LogP) is 2.25. The molecule has 0 amide bonds. The number of carboxylic acid groups (broad SMARTS) is 1. The monoisotopic (exact) mass is 244 g/mol. The zero-order valence-corrected chi connectivity index (χ0v) is 9.57. The maximum absolute atomic E-state index is 10.5. The molecule has 1 aromatic rings. The Morgan fingerprint density at radius 2 is 2.25 bits per heavy atom. The average molecular weight is 245 g/mol. The first-order valence-corrected chi connectivity index (χ1v) is 5.24. The van der Waals surface area contributed by atoms with Crippen LogP contribution in [0.4, 0.5) is 0 Å². The minimum absolute atomic E-state index is 0.375. The van der Waals surface area contributed by atoms with Crippen LogP contribution in [-0.2, 0) is 4.79 Å². The quantitative estimate of drug-likeness (QED) is 0.834. The fourth-order valence-electron chi connectivity index (χ4n) is 1.34. The predicted molar refractivity (Wildman–Crippen MR) is 59.8 cm³/mol. The highest BCUT2D eigenvalue weighted by Crippen LogP contribution is 2.30. The third kappa shape index (κ3) is 3.40.